The van der Waals surface area contributed by atoms with Gasteiger partial charge < -0.3 is 9.84 Å². The highest BCUT2D eigenvalue weighted by Gasteiger charge is 2.23. The summed E-state index contributed by atoms with van der Waals surface area (Å²) in [4.78, 5) is 11.8. The molecule has 0 unspecified atom stereocenters. The fourth-order valence-electron chi connectivity index (χ4n) is 2.31. The van der Waals surface area contributed by atoms with Crippen LogP contribution in [0.5, 0.6) is 0 Å². The zero-order valence-electron chi connectivity index (χ0n) is 13.7. The SMILES string of the molecule is Cc1noc(C)c1S(=O)(=O)NCCC(=O)NCCc1ccccc1. The molecule has 0 saturated carbocycles. The van der Waals surface area contributed by atoms with Gasteiger partial charge in [0.25, 0.3) is 0 Å². The Morgan fingerprint density at radius 1 is 1.17 bits per heavy atom. The lowest BCUT2D eigenvalue weighted by Gasteiger charge is -2.07. The second-order valence-corrected chi connectivity index (χ2v) is 7.09. The summed E-state index contributed by atoms with van der Waals surface area (Å²) in [5, 5.41) is 6.39. The minimum absolute atomic E-state index is 0.0174. The maximum atomic E-state index is 12.2. The van der Waals surface area contributed by atoms with Gasteiger partial charge in [0.05, 0.1) is 0 Å². The van der Waals surface area contributed by atoms with Gasteiger partial charge in [-0.1, -0.05) is 35.5 Å². The zero-order valence-corrected chi connectivity index (χ0v) is 14.5. The molecule has 8 heteroatoms. The summed E-state index contributed by atoms with van der Waals surface area (Å²) in [5.74, 6) is 0.0275. The van der Waals surface area contributed by atoms with Crippen LogP contribution < -0.4 is 10.0 Å². The van der Waals surface area contributed by atoms with E-state index in [4.69, 9.17) is 4.52 Å². The van der Waals surface area contributed by atoms with Crippen molar-refractivity contribution >= 4 is 15.9 Å². The quantitative estimate of drug-likeness (QED) is 0.747. The molecule has 0 saturated heterocycles. The lowest BCUT2D eigenvalue weighted by atomic mass is 10.1. The van der Waals surface area contributed by atoms with Gasteiger partial charge in [-0.05, 0) is 25.8 Å². The third-order valence-corrected chi connectivity index (χ3v) is 5.16. The van der Waals surface area contributed by atoms with Crippen LogP contribution in [0.1, 0.15) is 23.4 Å². The van der Waals surface area contributed by atoms with Crippen LogP contribution >= 0.6 is 0 Å². The van der Waals surface area contributed by atoms with Crippen LogP contribution in [0.25, 0.3) is 0 Å². The molecule has 1 amide bonds. The molecule has 1 aromatic heterocycles. The fourth-order valence-corrected chi connectivity index (χ4v) is 3.67. The normalized spacial score (nSPS) is 11.4. The van der Waals surface area contributed by atoms with Gasteiger partial charge in [0.15, 0.2) is 5.76 Å². The Morgan fingerprint density at radius 2 is 1.88 bits per heavy atom. The molecule has 0 radical (unpaired) electrons. The van der Waals surface area contributed by atoms with E-state index in [1.807, 2.05) is 30.3 Å². The third kappa shape index (κ3) is 4.90. The minimum atomic E-state index is -3.72. The number of nitrogens with one attached hydrogen (secondary N) is 2. The Labute approximate surface area is 141 Å². The van der Waals surface area contributed by atoms with E-state index >= 15 is 0 Å². The number of hydrogen-bond acceptors (Lipinski definition) is 5. The number of hydrogen-bond donors (Lipinski definition) is 2. The number of benzene rings is 1. The van der Waals surface area contributed by atoms with Crippen molar-refractivity contribution in [2.75, 3.05) is 13.1 Å². The number of carbonyl (C=O) groups is 1. The molecular formula is C16H21N3O4S. The molecular weight excluding hydrogens is 330 g/mol. The monoisotopic (exact) mass is 351 g/mol. The van der Waals surface area contributed by atoms with E-state index in [1.54, 1.807) is 6.92 Å². The number of amides is 1. The molecule has 1 heterocycles. The molecule has 0 bridgehead atoms. The van der Waals surface area contributed by atoms with E-state index in [-0.39, 0.29) is 29.5 Å². The Hall–Kier alpha value is -2.19. The Morgan fingerprint density at radius 3 is 2.50 bits per heavy atom. The maximum Gasteiger partial charge on any atom is 0.245 e. The van der Waals surface area contributed by atoms with Crippen LogP contribution in [0.2, 0.25) is 0 Å². The highest BCUT2D eigenvalue weighted by atomic mass is 32.2. The average Bonchev–Trinajstić information content (AvgIpc) is 2.88. The second kappa shape index (κ2) is 8.07. The van der Waals surface area contributed by atoms with Crippen LogP contribution in [0.4, 0.5) is 0 Å². The van der Waals surface area contributed by atoms with Gasteiger partial charge in [-0.3, -0.25) is 4.79 Å². The largest absolute Gasteiger partial charge is 0.360 e. The van der Waals surface area contributed by atoms with Crippen molar-refractivity contribution < 1.29 is 17.7 Å². The van der Waals surface area contributed by atoms with E-state index in [0.717, 1.165) is 12.0 Å². The summed E-state index contributed by atoms with van der Waals surface area (Å²) >= 11 is 0. The summed E-state index contributed by atoms with van der Waals surface area (Å²) in [6.07, 6.45) is 0.800. The lowest BCUT2D eigenvalue weighted by Crippen LogP contribution is -2.32. The van der Waals surface area contributed by atoms with Crippen molar-refractivity contribution in [2.24, 2.45) is 0 Å². The first kappa shape index (κ1) is 18.2. The first-order valence-corrected chi connectivity index (χ1v) is 9.11. The number of sulfonamides is 1. The summed E-state index contributed by atoms with van der Waals surface area (Å²) in [7, 11) is -3.72. The van der Waals surface area contributed by atoms with E-state index in [2.05, 4.69) is 15.2 Å². The predicted octanol–water partition coefficient (Wildman–Crippen LogP) is 1.32. The Bertz CT molecular complexity index is 765. The number of aryl methyl sites for hydroxylation is 2. The number of nitrogens with zero attached hydrogens (tertiary/aromatic N) is 1. The summed E-state index contributed by atoms with van der Waals surface area (Å²) in [5.41, 5.74) is 1.43. The van der Waals surface area contributed by atoms with E-state index < -0.39 is 10.0 Å². The van der Waals surface area contributed by atoms with Gasteiger partial charge in [-0.25, -0.2) is 13.1 Å². The molecule has 24 heavy (non-hydrogen) atoms. The highest BCUT2D eigenvalue weighted by molar-refractivity contribution is 7.89. The first-order chi connectivity index (χ1) is 11.4. The smallest absolute Gasteiger partial charge is 0.245 e. The van der Waals surface area contributed by atoms with Crippen LogP contribution in [-0.4, -0.2) is 32.6 Å². The van der Waals surface area contributed by atoms with Crippen molar-refractivity contribution in [2.45, 2.75) is 31.6 Å². The topological polar surface area (TPSA) is 101 Å². The molecule has 0 atom stereocenters. The number of carbonyl (C=O) groups excluding carboxylic acids is 1. The van der Waals surface area contributed by atoms with Crippen LogP contribution in [0, 0.1) is 13.8 Å². The number of aromatic nitrogens is 1. The molecule has 7 nitrogen and oxygen atoms in total. The lowest BCUT2D eigenvalue weighted by molar-refractivity contribution is -0.120. The zero-order chi connectivity index (χ0) is 17.6. The molecule has 0 fully saturated rings. The minimum Gasteiger partial charge on any atom is -0.360 e. The fraction of sp³-hybridized carbons (Fsp3) is 0.375. The summed E-state index contributed by atoms with van der Waals surface area (Å²) in [6, 6.07) is 9.81. The summed E-state index contributed by atoms with van der Waals surface area (Å²) in [6.45, 7) is 3.62. The predicted molar refractivity (Wildman–Crippen MR) is 88.9 cm³/mol. The van der Waals surface area contributed by atoms with Gasteiger partial charge in [-0.2, -0.15) is 0 Å². The Kier molecular flexibility index (Phi) is 6.10. The number of rotatable bonds is 8. The van der Waals surface area contributed by atoms with Gasteiger partial charge in [0.2, 0.25) is 15.9 Å². The molecule has 2 N–H and O–H groups in total. The van der Waals surface area contributed by atoms with Gasteiger partial charge in [0.1, 0.15) is 10.6 Å². The van der Waals surface area contributed by atoms with Crippen molar-refractivity contribution in [1.29, 1.82) is 0 Å². The van der Waals surface area contributed by atoms with Crippen LogP contribution in [-0.2, 0) is 21.2 Å². The molecule has 0 aliphatic heterocycles. The van der Waals surface area contributed by atoms with Crippen LogP contribution in [0.3, 0.4) is 0 Å². The second-order valence-electron chi connectivity index (χ2n) is 5.39. The van der Waals surface area contributed by atoms with Crippen molar-refractivity contribution in [3.63, 3.8) is 0 Å². The van der Waals surface area contributed by atoms with E-state index in [1.165, 1.54) is 6.92 Å². The molecule has 0 aliphatic rings. The summed E-state index contributed by atoms with van der Waals surface area (Å²) < 4.78 is 31.6. The highest BCUT2D eigenvalue weighted by Crippen LogP contribution is 2.18. The maximum absolute atomic E-state index is 12.2. The van der Waals surface area contributed by atoms with Crippen molar-refractivity contribution in [3.05, 3.63) is 47.3 Å². The van der Waals surface area contributed by atoms with Gasteiger partial charge in [-0.15, -0.1) is 0 Å². The van der Waals surface area contributed by atoms with Gasteiger partial charge in [0, 0.05) is 19.5 Å². The first-order valence-electron chi connectivity index (χ1n) is 7.63. The molecule has 1 aromatic carbocycles. The van der Waals surface area contributed by atoms with E-state index in [9.17, 15) is 13.2 Å². The van der Waals surface area contributed by atoms with Crippen molar-refractivity contribution in [3.8, 4) is 0 Å². The third-order valence-electron chi connectivity index (χ3n) is 3.46. The molecule has 130 valence electrons. The van der Waals surface area contributed by atoms with Gasteiger partial charge >= 0.3 is 0 Å². The standard InChI is InChI=1S/C16H21N3O4S/c1-12-16(13(2)23-19-12)24(21,22)18-11-9-15(20)17-10-8-14-6-4-3-5-7-14/h3-7,18H,8-11H2,1-2H3,(H,17,20). The van der Waals surface area contributed by atoms with Crippen molar-refractivity contribution in [1.82, 2.24) is 15.2 Å². The molecule has 2 aromatic rings. The molecule has 0 spiro atoms. The Balaban J connectivity index is 1.74. The molecule has 0 aliphatic carbocycles. The molecule has 2 rings (SSSR count). The van der Waals surface area contributed by atoms with Crippen LogP contribution in [0.15, 0.2) is 39.8 Å². The average molecular weight is 351 g/mol. The van der Waals surface area contributed by atoms with E-state index in [0.29, 0.717) is 12.2 Å².